The molecule has 0 N–H and O–H groups in total. The van der Waals surface area contributed by atoms with Crippen molar-refractivity contribution in [1.82, 2.24) is 0 Å². The van der Waals surface area contributed by atoms with Gasteiger partial charge in [-0.1, -0.05) is 218 Å². The van der Waals surface area contributed by atoms with Gasteiger partial charge in [-0.05, 0) is 132 Å². The molecule has 0 saturated carbocycles. The predicted molar refractivity (Wildman–Crippen MR) is 306 cm³/mol. The summed E-state index contributed by atoms with van der Waals surface area (Å²) in [5.74, 6) is -0.0341. The van der Waals surface area contributed by atoms with E-state index in [1.807, 2.05) is 218 Å². The molecule has 6 rings (SSSR count). The second-order valence-corrected chi connectivity index (χ2v) is 24.5. The van der Waals surface area contributed by atoms with Crippen molar-refractivity contribution >= 4 is 69.0 Å². The first kappa shape index (κ1) is 64.7. The van der Waals surface area contributed by atoms with Crippen molar-refractivity contribution in [3.05, 3.63) is 252 Å². The molecule has 73 heavy (non-hydrogen) atoms. The van der Waals surface area contributed by atoms with Crippen LogP contribution >= 0.6 is 7.92 Å². The number of carbonyl (C=O) groups excluding carboxylic acids is 3. The molecule has 6 aromatic rings. The van der Waals surface area contributed by atoms with Gasteiger partial charge < -0.3 is 17.3 Å². The van der Waals surface area contributed by atoms with Crippen LogP contribution in [0, 0.1) is 0 Å². The molecular weight excluding hydrogens is 1030 g/mol. The van der Waals surface area contributed by atoms with Crippen LogP contribution in [0.3, 0.4) is 0 Å². The quantitative estimate of drug-likeness (QED) is 0.0531. The van der Waals surface area contributed by atoms with Gasteiger partial charge in [-0.25, -0.2) is 0 Å². The van der Waals surface area contributed by atoms with Gasteiger partial charge in [-0.2, -0.15) is 0 Å². The summed E-state index contributed by atoms with van der Waals surface area (Å²) in [7, 11) is -6.39. The van der Waals surface area contributed by atoms with Gasteiger partial charge in [0.1, 0.15) is 0 Å². The number of benzene rings is 6. The Morgan fingerprint density at radius 1 is 0.315 bits per heavy atom. The van der Waals surface area contributed by atoms with E-state index in [0.29, 0.717) is 15.5 Å². The fourth-order valence-corrected chi connectivity index (χ4v) is 14.7. The Labute approximate surface area is 448 Å². The van der Waals surface area contributed by atoms with Crippen LogP contribution in [-0.4, -0.2) is 40.1 Å². The summed E-state index contributed by atoms with van der Waals surface area (Å²) >= 11 is 0. The standard InChI is InChI=1S/3C17H14O.C12H27P.BF4.Pd/c3*18-17(13-11-15-7-3-1-4-8-15)14-12-16-9-5-2-6-10-16;1-10(2,3)13(11(4,5)6)12(7,8)9;2-1(3,4)5;/h3*1-14H;1-9H3;;/q;;;;-1;/p+1/b3*13-11+,14-12+;;;. The van der Waals surface area contributed by atoms with Crippen molar-refractivity contribution in [2.75, 3.05) is 0 Å². The maximum atomic E-state index is 11.6. The molecule has 0 radical (unpaired) electrons. The molecule has 0 aliphatic heterocycles. The second-order valence-electron chi connectivity index (χ2n) is 19.3. The summed E-state index contributed by atoms with van der Waals surface area (Å²) in [5.41, 5.74) is 6.16. The summed E-state index contributed by atoms with van der Waals surface area (Å²) in [4.78, 5) is 34.8. The van der Waals surface area contributed by atoms with Crippen LogP contribution in [0.25, 0.3) is 36.5 Å². The zero-order valence-electron chi connectivity index (χ0n) is 43.4. The summed E-state index contributed by atoms with van der Waals surface area (Å²) in [6.45, 7) is 21.6. The fraction of sp³-hybridized carbons (Fsp3) is 0.190. The predicted octanol–water partition coefficient (Wildman–Crippen LogP) is 17.8. The third-order valence-corrected chi connectivity index (χ3v) is 14.2. The van der Waals surface area contributed by atoms with E-state index in [1.165, 1.54) is 0 Å². The monoisotopic (exact) mass is 1100 g/mol. The van der Waals surface area contributed by atoms with Crippen molar-refractivity contribution in [1.29, 1.82) is 0 Å². The van der Waals surface area contributed by atoms with E-state index in [1.54, 1.807) is 36.5 Å². The molecule has 0 heterocycles. The topological polar surface area (TPSA) is 51.2 Å². The van der Waals surface area contributed by atoms with Gasteiger partial charge in [0.05, 0.1) is 15.5 Å². The zero-order valence-corrected chi connectivity index (χ0v) is 45.9. The van der Waals surface area contributed by atoms with E-state index < -0.39 is 15.2 Å². The second kappa shape index (κ2) is 34.1. The number of hydrogen-bond donors (Lipinski definition) is 0. The van der Waals surface area contributed by atoms with Gasteiger partial charge >= 0.3 is 7.25 Å². The van der Waals surface area contributed by atoms with Gasteiger partial charge in [-0.15, -0.1) is 0 Å². The molecule has 0 aliphatic rings. The Morgan fingerprint density at radius 2 is 0.438 bits per heavy atom. The molecule has 10 heteroatoms. The summed E-state index contributed by atoms with van der Waals surface area (Å²) in [6, 6.07) is 58.7. The van der Waals surface area contributed by atoms with Crippen molar-refractivity contribution in [2.45, 2.75) is 77.8 Å². The van der Waals surface area contributed by atoms with Gasteiger partial charge in [0.25, 0.3) is 0 Å². The molecule has 0 fully saturated rings. The minimum absolute atomic E-state index is 0. The van der Waals surface area contributed by atoms with Gasteiger partial charge in [0.15, 0.2) is 17.3 Å². The van der Waals surface area contributed by atoms with Crippen LogP contribution in [0.15, 0.2) is 218 Å². The van der Waals surface area contributed by atoms with Crippen molar-refractivity contribution < 1.29 is 52.1 Å². The van der Waals surface area contributed by atoms with Crippen LogP contribution < -0.4 is 0 Å². The van der Waals surface area contributed by atoms with Gasteiger partial charge in [-0.3, -0.25) is 14.4 Å². The zero-order chi connectivity index (χ0) is 53.5. The first-order chi connectivity index (χ1) is 33.9. The maximum absolute atomic E-state index is 11.6. The van der Waals surface area contributed by atoms with Gasteiger partial charge in [0.2, 0.25) is 0 Å². The Morgan fingerprint density at radius 3 is 0.534 bits per heavy atom. The van der Waals surface area contributed by atoms with E-state index in [2.05, 4.69) is 62.3 Å². The number of halogens is 4. The Balaban J connectivity index is 0.000000473. The van der Waals surface area contributed by atoms with E-state index in [-0.39, 0.29) is 37.8 Å². The first-order valence-corrected chi connectivity index (χ1v) is 25.2. The summed E-state index contributed by atoms with van der Waals surface area (Å²) in [6.07, 6.45) is 20.4. The maximum Gasteiger partial charge on any atom is 0.673 e. The summed E-state index contributed by atoms with van der Waals surface area (Å²) < 4.78 is 39.0. The summed E-state index contributed by atoms with van der Waals surface area (Å²) in [5, 5.41) is 1.46. The Kier molecular flexibility index (Phi) is 30.2. The average Bonchev–Trinajstić information content (AvgIpc) is 3.33. The van der Waals surface area contributed by atoms with E-state index in [9.17, 15) is 31.6 Å². The molecular formula is C63H70BF4O3PPd. The largest absolute Gasteiger partial charge is 0.673 e. The van der Waals surface area contributed by atoms with E-state index >= 15 is 0 Å². The molecule has 3 nitrogen and oxygen atoms in total. The molecule has 0 saturated heterocycles. The van der Waals surface area contributed by atoms with Crippen molar-refractivity contribution in [2.24, 2.45) is 0 Å². The van der Waals surface area contributed by atoms with Crippen LogP contribution in [0.4, 0.5) is 17.3 Å². The third-order valence-electron chi connectivity index (χ3n) is 9.69. The number of ketones is 3. The Hall–Kier alpha value is -6.35. The van der Waals surface area contributed by atoms with Crippen molar-refractivity contribution in [3.8, 4) is 0 Å². The smallest absolute Gasteiger partial charge is 0.418 e. The SMILES string of the molecule is CC(C)(C)[PH+](C(C)(C)C)C(C)(C)C.F[B-](F)(F)F.O=C(/C=C/c1ccccc1)/C=C/c1ccccc1.O=C(/C=C/c1ccccc1)/C=C/c1ccccc1.O=C(/C=C/c1ccccc1)/C=C/c1ccccc1.[Pd]. The number of rotatable bonds is 12. The van der Waals surface area contributed by atoms with Crippen LogP contribution in [-0.2, 0) is 34.8 Å². The molecule has 0 unspecified atom stereocenters. The van der Waals surface area contributed by atoms with Crippen LogP contribution in [0.5, 0.6) is 0 Å². The minimum atomic E-state index is -6.00. The van der Waals surface area contributed by atoms with Crippen LogP contribution in [0.1, 0.15) is 95.7 Å². The van der Waals surface area contributed by atoms with E-state index in [4.69, 9.17) is 0 Å². The molecule has 0 aliphatic carbocycles. The normalized spacial score (nSPS) is 11.8. The number of carbonyl (C=O) groups is 3. The van der Waals surface area contributed by atoms with E-state index in [0.717, 1.165) is 33.4 Å². The van der Waals surface area contributed by atoms with Crippen LogP contribution in [0.2, 0.25) is 0 Å². The number of allylic oxidation sites excluding steroid dienone is 6. The molecule has 0 atom stereocenters. The van der Waals surface area contributed by atoms with Gasteiger partial charge in [0, 0.05) is 28.3 Å². The minimum Gasteiger partial charge on any atom is -0.418 e. The number of hydrogen-bond acceptors (Lipinski definition) is 3. The molecule has 386 valence electrons. The van der Waals surface area contributed by atoms with Crippen molar-refractivity contribution in [3.63, 3.8) is 0 Å². The third kappa shape index (κ3) is 33.1. The molecule has 0 bridgehead atoms. The average molecular weight is 1100 g/mol. The molecule has 0 spiro atoms. The molecule has 0 amide bonds. The Bertz CT molecular complexity index is 2200. The fourth-order valence-electron chi connectivity index (χ4n) is 8.00. The molecule has 0 aromatic heterocycles. The molecule has 6 aromatic carbocycles. The first-order valence-electron chi connectivity index (χ1n) is 23.7.